The lowest BCUT2D eigenvalue weighted by Crippen LogP contribution is -2.81. The average Bonchev–Trinajstić information content (AvgIpc) is 2.10. The van der Waals surface area contributed by atoms with Gasteiger partial charge in [-0.15, -0.1) is 10.3 Å². The second kappa shape index (κ2) is 8.04. The fourth-order valence-corrected chi connectivity index (χ4v) is 1.08. The molecule has 0 aromatic heterocycles. The largest absolute Gasteiger partial charge is 0.473 e. The Morgan fingerprint density at radius 1 is 1.62 bits per heavy atom. The van der Waals surface area contributed by atoms with Crippen molar-refractivity contribution in [2.75, 3.05) is 6.54 Å². The monoisotopic (exact) mass is 222 g/mol. The Hall–Kier alpha value is -0.580. The molecule has 0 aliphatic rings. The van der Waals surface area contributed by atoms with Crippen LogP contribution in [0, 0.1) is 0 Å². The number of nitrogens with one attached hydrogen (secondary N) is 2. The van der Waals surface area contributed by atoms with Crippen LogP contribution >= 0.6 is 7.51 Å². The maximum Gasteiger partial charge on any atom is 0.398 e. The molecule has 5 nitrogen and oxygen atoms in total. The van der Waals surface area contributed by atoms with Crippen LogP contribution in [0.5, 0.6) is 0 Å². The fraction of sp³-hybridized carbons (Fsp3) is 0.667. The molecule has 5 N–H and O–H groups in total. The molecule has 7 heteroatoms. The highest BCUT2D eigenvalue weighted by Gasteiger charge is 2.15. The van der Waals surface area contributed by atoms with Crippen LogP contribution in [0.3, 0.4) is 0 Å². The third-order valence-electron chi connectivity index (χ3n) is 1.39. The van der Waals surface area contributed by atoms with Crippen LogP contribution in [0.2, 0.25) is 0 Å². The summed E-state index contributed by atoms with van der Waals surface area (Å²) in [6.07, 6.45) is 2.07. The van der Waals surface area contributed by atoms with E-state index in [0.29, 0.717) is 20.5 Å². The molecule has 0 aliphatic heterocycles. The Balaban J connectivity index is 3.94. The van der Waals surface area contributed by atoms with Gasteiger partial charge in [0.05, 0.1) is 0 Å². The molecule has 0 spiro atoms. The number of carboxylic acid groups (broad SMARTS) is 1. The quantitative estimate of drug-likeness (QED) is 0.183. The van der Waals surface area contributed by atoms with Crippen LogP contribution in [0.25, 0.3) is 0 Å². The van der Waals surface area contributed by atoms with Crippen molar-refractivity contribution >= 4 is 31.0 Å². The normalized spacial score (nSPS) is 11.6. The SMILES string of the molecule is NCCCCC(=[NH+]NP=S)C(=O)O. The molecule has 0 atom stereocenters. The van der Waals surface area contributed by atoms with Gasteiger partial charge >= 0.3 is 5.97 Å². The summed E-state index contributed by atoms with van der Waals surface area (Å²) in [5.41, 5.74) is 5.51. The summed E-state index contributed by atoms with van der Waals surface area (Å²) < 4.78 is 0. The lowest BCUT2D eigenvalue weighted by atomic mass is 10.2. The summed E-state index contributed by atoms with van der Waals surface area (Å²) in [4.78, 5) is 10.6. The van der Waals surface area contributed by atoms with E-state index in [1.807, 2.05) is 0 Å². The van der Waals surface area contributed by atoms with E-state index in [1.165, 1.54) is 0 Å². The zero-order chi connectivity index (χ0) is 10.1. The van der Waals surface area contributed by atoms with E-state index in [-0.39, 0.29) is 5.71 Å². The fourth-order valence-electron chi connectivity index (χ4n) is 0.759. The second-order valence-corrected chi connectivity index (χ2v) is 3.31. The molecule has 0 bridgehead atoms. The Morgan fingerprint density at radius 3 is 2.77 bits per heavy atom. The molecule has 0 fully saturated rings. The minimum Gasteiger partial charge on any atom is -0.473 e. The molecule has 0 aromatic carbocycles. The summed E-state index contributed by atoms with van der Waals surface area (Å²) in [6.45, 7) is 0.583. The van der Waals surface area contributed by atoms with Crippen molar-refractivity contribution in [1.82, 2.24) is 5.20 Å². The summed E-state index contributed by atoms with van der Waals surface area (Å²) in [5.74, 6) is -0.955. The highest BCUT2D eigenvalue weighted by Crippen LogP contribution is 1.93. The van der Waals surface area contributed by atoms with Crippen LogP contribution in [-0.4, -0.2) is 23.3 Å². The van der Waals surface area contributed by atoms with E-state index in [4.69, 9.17) is 10.8 Å². The zero-order valence-corrected chi connectivity index (χ0v) is 8.83. The van der Waals surface area contributed by atoms with Crippen LogP contribution in [0.15, 0.2) is 0 Å². The maximum atomic E-state index is 10.6. The van der Waals surface area contributed by atoms with E-state index in [2.05, 4.69) is 22.1 Å². The highest BCUT2D eigenvalue weighted by atomic mass is 32.4. The van der Waals surface area contributed by atoms with Crippen LogP contribution < -0.4 is 16.0 Å². The number of hydrazone groups is 1. The lowest BCUT2D eigenvalue weighted by molar-refractivity contribution is -0.497. The van der Waals surface area contributed by atoms with Gasteiger partial charge < -0.3 is 10.8 Å². The highest BCUT2D eigenvalue weighted by molar-refractivity contribution is 7.95. The first-order chi connectivity index (χ1) is 6.22. The Morgan fingerprint density at radius 2 is 2.31 bits per heavy atom. The zero-order valence-electron chi connectivity index (χ0n) is 7.12. The number of carboxylic acids is 1. The number of carbonyl (C=O) groups is 1. The first-order valence-electron chi connectivity index (χ1n) is 3.85. The van der Waals surface area contributed by atoms with Crippen LogP contribution in [-0.2, 0) is 16.6 Å². The number of unbranched alkanes of at least 4 members (excludes halogenated alkanes) is 1. The van der Waals surface area contributed by atoms with Crippen LogP contribution in [0.4, 0.5) is 0 Å². The van der Waals surface area contributed by atoms with Crippen molar-refractivity contribution < 1.29 is 15.0 Å². The molecule has 0 rings (SSSR count). The summed E-state index contributed by atoms with van der Waals surface area (Å²) in [5, 5.41) is 13.8. The van der Waals surface area contributed by atoms with Crippen molar-refractivity contribution in [3.8, 4) is 0 Å². The maximum absolute atomic E-state index is 10.6. The smallest absolute Gasteiger partial charge is 0.398 e. The van der Waals surface area contributed by atoms with Gasteiger partial charge in [-0.05, 0) is 31.2 Å². The van der Waals surface area contributed by atoms with Crippen molar-refractivity contribution in [1.29, 1.82) is 0 Å². The van der Waals surface area contributed by atoms with E-state index >= 15 is 0 Å². The first kappa shape index (κ1) is 12.4. The van der Waals surface area contributed by atoms with Crippen molar-refractivity contribution in [3.63, 3.8) is 0 Å². The van der Waals surface area contributed by atoms with E-state index in [1.54, 1.807) is 0 Å². The van der Waals surface area contributed by atoms with Gasteiger partial charge in [0, 0.05) is 6.42 Å². The number of hydrogen-bond acceptors (Lipinski definition) is 3. The number of aliphatic carboxylic acids is 1. The van der Waals surface area contributed by atoms with Gasteiger partial charge in [0.15, 0.2) is 7.51 Å². The molecule has 0 unspecified atom stereocenters. The Bertz CT molecular complexity index is 210. The van der Waals surface area contributed by atoms with Gasteiger partial charge in [0.2, 0.25) is 0 Å². The predicted molar refractivity (Wildman–Crippen MR) is 53.9 cm³/mol. The molecular weight excluding hydrogens is 209 g/mol. The Kier molecular flexibility index (Phi) is 7.68. The summed E-state index contributed by atoms with van der Waals surface area (Å²) >= 11 is 4.56. The van der Waals surface area contributed by atoms with Gasteiger partial charge in [0.25, 0.3) is 5.71 Å². The van der Waals surface area contributed by atoms with E-state index in [0.717, 1.165) is 12.8 Å². The van der Waals surface area contributed by atoms with Gasteiger partial charge in [-0.25, -0.2) is 4.79 Å². The topological polar surface area (TPSA) is 89.3 Å². The van der Waals surface area contributed by atoms with Gasteiger partial charge in [-0.2, -0.15) is 0 Å². The Labute approximate surface area is 83.3 Å². The molecule has 0 saturated carbocycles. The molecule has 0 aliphatic carbocycles. The molecule has 13 heavy (non-hydrogen) atoms. The summed E-state index contributed by atoms with van der Waals surface area (Å²) in [6, 6.07) is 0. The number of hydrogen-bond donors (Lipinski definition) is 4. The predicted octanol–water partition coefficient (Wildman–Crippen LogP) is -1.45. The van der Waals surface area contributed by atoms with Gasteiger partial charge in [-0.1, -0.05) is 0 Å². The van der Waals surface area contributed by atoms with Crippen molar-refractivity contribution in [2.45, 2.75) is 19.3 Å². The minimum absolute atomic E-state index is 0.228. The van der Waals surface area contributed by atoms with Crippen molar-refractivity contribution in [3.05, 3.63) is 0 Å². The number of rotatable bonds is 7. The first-order valence-corrected chi connectivity index (χ1v) is 5.75. The molecular formula is C6H13N3O2PS+. The minimum atomic E-state index is -0.955. The molecule has 0 aromatic rings. The molecule has 0 radical (unpaired) electrons. The summed E-state index contributed by atoms with van der Waals surface area (Å²) in [7, 11) is 0.481. The van der Waals surface area contributed by atoms with Crippen LogP contribution in [0.1, 0.15) is 19.3 Å². The van der Waals surface area contributed by atoms with E-state index in [9.17, 15) is 4.79 Å². The standard InChI is InChI=1S/C6H12N3O2PS/c7-4-2-1-3-5(6(10)11)8-9-12-13/h1-4,7H2,(H,9,13)(H,10,11)/p+1. The molecule has 0 saturated heterocycles. The third-order valence-corrected chi connectivity index (χ3v) is 1.87. The van der Waals surface area contributed by atoms with Gasteiger partial charge in [-0.3, -0.25) is 0 Å². The third kappa shape index (κ3) is 6.57. The molecule has 0 heterocycles. The number of nitrogens with two attached hydrogens (primary N) is 1. The molecule has 74 valence electrons. The van der Waals surface area contributed by atoms with E-state index < -0.39 is 5.97 Å². The van der Waals surface area contributed by atoms with Gasteiger partial charge in [0.1, 0.15) is 0 Å². The second-order valence-electron chi connectivity index (χ2n) is 2.36. The lowest BCUT2D eigenvalue weighted by Gasteiger charge is -1.94. The van der Waals surface area contributed by atoms with Crippen molar-refractivity contribution in [2.24, 2.45) is 5.73 Å². The average molecular weight is 222 g/mol. The molecule has 0 amide bonds. The number of hydrazine groups is 1.